The fraction of sp³-hybridized carbons (Fsp3) is 0.250. The van der Waals surface area contributed by atoms with Crippen LogP contribution in [0.2, 0.25) is 0 Å². The zero-order valence-corrected chi connectivity index (χ0v) is 11.6. The Morgan fingerprint density at radius 1 is 1.30 bits per heavy atom. The summed E-state index contributed by atoms with van der Waals surface area (Å²) in [5.41, 5.74) is 0.442. The van der Waals surface area contributed by atoms with Crippen LogP contribution in [0.5, 0.6) is 0 Å². The highest BCUT2D eigenvalue weighted by molar-refractivity contribution is 7.90. The van der Waals surface area contributed by atoms with Gasteiger partial charge in [0.15, 0.2) is 9.84 Å². The predicted molar refractivity (Wildman–Crippen MR) is 68.1 cm³/mol. The highest BCUT2D eigenvalue weighted by atomic mass is 32.2. The van der Waals surface area contributed by atoms with Crippen molar-refractivity contribution < 1.29 is 22.7 Å². The van der Waals surface area contributed by atoms with Crippen molar-refractivity contribution in [1.82, 2.24) is 10.2 Å². The monoisotopic (exact) mass is 296 g/mol. The first-order valence-corrected chi connectivity index (χ1v) is 7.30. The number of rotatable bonds is 4. The van der Waals surface area contributed by atoms with Crippen LogP contribution in [0.3, 0.4) is 0 Å². The molecule has 0 radical (unpaired) electrons. The number of aryl methyl sites for hydroxylation is 2. The topological polar surface area (TPSA) is 110 Å². The predicted octanol–water partition coefficient (Wildman–Crippen LogP) is 1.36. The van der Waals surface area contributed by atoms with Crippen LogP contribution >= 0.6 is 0 Å². The number of hydrogen-bond donors (Lipinski definition) is 1. The quantitative estimate of drug-likeness (QED) is 0.906. The number of carboxylic acids is 1. The van der Waals surface area contributed by atoms with Gasteiger partial charge >= 0.3 is 5.97 Å². The summed E-state index contributed by atoms with van der Waals surface area (Å²) in [7, 11) is -3.73. The van der Waals surface area contributed by atoms with Gasteiger partial charge in [-0.05, 0) is 24.6 Å². The zero-order chi connectivity index (χ0) is 14.9. The lowest BCUT2D eigenvalue weighted by atomic mass is 10.1. The van der Waals surface area contributed by atoms with E-state index in [-0.39, 0.29) is 22.2 Å². The van der Waals surface area contributed by atoms with Crippen LogP contribution in [0, 0.1) is 13.8 Å². The number of aromatic carboxylic acids is 1. The van der Waals surface area contributed by atoms with Crippen LogP contribution < -0.4 is 0 Å². The minimum Gasteiger partial charge on any atom is -0.478 e. The van der Waals surface area contributed by atoms with Gasteiger partial charge in [0, 0.05) is 6.92 Å². The molecule has 8 heteroatoms. The van der Waals surface area contributed by atoms with Gasteiger partial charge in [-0.2, -0.15) is 0 Å². The third kappa shape index (κ3) is 2.85. The van der Waals surface area contributed by atoms with E-state index in [0.717, 1.165) is 6.07 Å². The van der Waals surface area contributed by atoms with Gasteiger partial charge in [0.2, 0.25) is 11.8 Å². The maximum atomic E-state index is 12.2. The minimum atomic E-state index is -3.73. The van der Waals surface area contributed by atoms with E-state index in [1.807, 2.05) is 0 Å². The summed E-state index contributed by atoms with van der Waals surface area (Å²) >= 11 is 0. The fourth-order valence-electron chi connectivity index (χ4n) is 1.67. The van der Waals surface area contributed by atoms with Crippen LogP contribution in [0.25, 0.3) is 0 Å². The van der Waals surface area contributed by atoms with Crippen molar-refractivity contribution in [3.05, 3.63) is 41.1 Å². The van der Waals surface area contributed by atoms with E-state index in [1.165, 1.54) is 12.1 Å². The van der Waals surface area contributed by atoms with Crippen molar-refractivity contribution in [3.8, 4) is 0 Å². The molecule has 7 nitrogen and oxygen atoms in total. The molecule has 2 aromatic rings. The van der Waals surface area contributed by atoms with Crippen LogP contribution in [0.1, 0.15) is 27.7 Å². The molecule has 0 unspecified atom stereocenters. The molecule has 0 fully saturated rings. The van der Waals surface area contributed by atoms with Crippen molar-refractivity contribution in [2.45, 2.75) is 24.5 Å². The van der Waals surface area contributed by atoms with E-state index in [1.54, 1.807) is 13.8 Å². The summed E-state index contributed by atoms with van der Waals surface area (Å²) in [5.74, 6) is -1.39. The fourth-order valence-corrected chi connectivity index (χ4v) is 2.85. The lowest BCUT2D eigenvalue weighted by Gasteiger charge is -2.05. The molecule has 0 saturated heterocycles. The normalized spacial score (nSPS) is 11.5. The van der Waals surface area contributed by atoms with Crippen LogP contribution in [-0.4, -0.2) is 29.7 Å². The molecule has 0 saturated carbocycles. The van der Waals surface area contributed by atoms with Crippen LogP contribution in [0.4, 0.5) is 0 Å². The number of aromatic nitrogens is 2. The number of nitrogens with zero attached hydrogens (tertiary/aromatic N) is 2. The van der Waals surface area contributed by atoms with Crippen molar-refractivity contribution in [2.75, 3.05) is 0 Å². The van der Waals surface area contributed by atoms with E-state index in [4.69, 9.17) is 9.52 Å². The number of carboxylic acid groups (broad SMARTS) is 1. The molecular formula is C12H12N2O5S. The van der Waals surface area contributed by atoms with Gasteiger partial charge in [0.1, 0.15) is 5.75 Å². The SMILES string of the molecule is Cc1nnc(CS(=O)(=O)c2ccc(C)c(C(=O)O)c2)o1. The molecule has 20 heavy (non-hydrogen) atoms. The average molecular weight is 296 g/mol. The first-order chi connectivity index (χ1) is 9.29. The molecule has 0 aliphatic carbocycles. The molecule has 1 N–H and O–H groups in total. The zero-order valence-electron chi connectivity index (χ0n) is 10.8. The molecule has 0 aliphatic rings. The van der Waals surface area contributed by atoms with E-state index < -0.39 is 21.6 Å². The van der Waals surface area contributed by atoms with Gasteiger partial charge in [-0.15, -0.1) is 10.2 Å². The Morgan fingerprint density at radius 2 is 2.00 bits per heavy atom. The summed E-state index contributed by atoms with van der Waals surface area (Å²) < 4.78 is 29.4. The Morgan fingerprint density at radius 3 is 2.55 bits per heavy atom. The Hall–Kier alpha value is -2.22. The molecule has 0 aliphatic heterocycles. The largest absolute Gasteiger partial charge is 0.478 e. The minimum absolute atomic E-state index is 0.0278. The van der Waals surface area contributed by atoms with Gasteiger partial charge in [-0.1, -0.05) is 6.07 Å². The molecule has 0 atom stereocenters. The number of sulfone groups is 1. The van der Waals surface area contributed by atoms with Gasteiger partial charge in [0.05, 0.1) is 10.5 Å². The van der Waals surface area contributed by atoms with Gasteiger partial charge in [-0.25, -0.2) is 13.2 Å². The van der Waals surface area contributed by atoms with Gasteiger partial charge < -0.3 is 9.52 Å². The van der Waals surface area contributed by atoms with E-state index >= 15 is 0 Å². The third-order valence-electron chi connectivity index (χ3n) is 2.68. The Kier molecular flexibility index (Phi) is 3.58. The maximum Gasteiger partial charge on any atom is 0.335 e. The molecule has 0 spiro atoms. The molecule has 1 aromatic carbocycles. The summed E-state index contributed by atoms with van der Waals surface area (Å²) in [5, 5.41) is 16.2. The van der Waals surface area contributed by atoms with E-state index in [9.17, 15) is 13.2 Å². The van der Waals surface area contributed by atoms with Gasteiger partial charge in [0.25, 0.3) is 0 Å². The Balaban J connectivity index is 2.39. The van der Waals surface area contributed by atoms with E-state index in [2.05, 4.69) is 10.2 Å². The van der Waals surface area contributed by atoms with Gasteiger partial charge in [-0.3, -0.25) is 0 Å². The second kappa shape index (κ2) is 5.04. The third-order valence-corrected chi connectivity index (χ3v) is 4.28. The van der Waals surface area contributed by atoms with Crippen LogP contribution in [-0.2, 0) is 15.6 Å². The molecular weight excluding hydrogens is 284 g/mol. The van der Waals surface area contributed by atoms with Crippen molar-refractivity contribution in [1.29, 1.82) is 0 Å². The van der Waals surface area contributed by atoms with Crippen molar-refractivity contribution in [3.63, 3.8) is 0 Å². The molecule has 2 rings (SSSR count). The standard InChI is InChI=1S/C12H12N2O5S/c1-7-3-4-9(5-10(7)12(15)16)20(17,18)6-11-14-13-8(2)19-11/h3-5H,6H2,1-2H3,(H,15,16). The molecule has 1 aromatic heterocycles. The lowest BCUT2D eigenvalue weighted by molar-refractivity contribution is 0.0696. The first-order valence-electron chi connectivity index (χ1n) is 5.65. The summed E-state index contributed by atoms with van der Waals surface area (Å²) in [6.45, 7) is 3.15. The number of carbonyl (C=O) groups is 1. The van der Waals surface area contributed by atoms with Crippen molar-refractivity contribution >= 4 is 15.8 Å². The number of benzene rings is 1. The summed E-state index contributed by atoms with van der Waals surface area (Å²) in [4.78, 5) is 10.9. The maximum absolute atomic E-state index is 12.2. The number of hydrogen-bond acceptors (Lipinski definition) is 6. The smallest absolute Gasteiger partial charge is 0.335 e. The van der Waals surface area contributed by atoms with Crippen LogP contribution in [0.15, 0.2) is 27.5 Å². The molecule has 0 bridgehead atoms. The Labute approximate surface area is 115 Å². The Bertz CT molecular complexity index is 764. The highest BCUT2D eigenvalue weighted by Gasteiger charge is 2.21. The van der Waals surface area contributed by atoms with E-state index in [0.29, 0.717) is 5.56 Å². The summed E-state index contributed by atoms with van der Waals surface area (Å²) in [6.07, 6.45) is 0. The van der Waals surface area contributed by atoms with Crippen molar-refractivity contribution in [2.24, 2.45) is 0 Å². The second-order valence-corrected chi connectivity index (χ2v) is 6.25. The average Bonchev–Trinajstić information content (AvgIpc) is 2.73. The molecule has 1 heterocycles. The highest BCUT2D eigenvalue weighted by Crippen LogP contribution is 2.19. The lowest BCUT2D eigenvalue weighted by Crippen LogP contribution is -2.08. The first kappa shape index (κ1) is 14.2. The second-order valence-electron chi connectivity index (χ2n) is 4.26. The molecule has 106 valence electrons. The molecule has 0 amide bonds. The summed E-state index contributed by atoms with van der Waals surface area (Å²) in [6, 6.07) is 3.95.